The Bertz CT molecular complexity index is 244. The number of hydrogen-bond acceptors (Lipinski definition) is 0. The van der Waals surface area contributed by atoms with Crippen molar-refractivity contribution >= 4 is 0 Å². The minimum Gasteiger partial charge on any atom is -0.0591 e. The lowest BCUT2D eigenvalue weighted by Gasteiger charge is -2.28. The predicted octanol–water partition coefficient (Wildman–Crippen LogP) is 3.08. The van der Waals surface area contributed by atoms with Crippen LogP contribution >= 0.6 is 0 Å². The monoisotopic (exact) mass is 162 g/mol. The molecule has 5 rings (SSSR count). The lowest BCUT2D eigenvalue weighted by atomic mass is 9.76. The fraction of sp³-hybridized carbons (Fsp3) is 1.00. The Balaban J connectivity index is 1.86. The van der Waals surface area contributed by atoms with E-state index in [-0.39, 0.29) is 0 Å². The van der Waals surface area contributed by atoms with E-state index in [1.165, 1.54) is 29.6 Å². The van der Waals surface area contributed by atoms with Crippen molar-refractivity contribution in [1.29, 1.82) is 0 Å². The third kappa shape index (κ3) is 0.459. The average molecular weight is 162 g/mol. The Labute approximate surface area is 74.7 Å². The van der Waals surface area contributed by atoms with Gasteiger partial charge in [0.25, 0.3) is 0 Å². The van der Waals surface area contributed by atoms with Crippen LogP contribution in [0.4, 0.5) is 0 Å². The van der Waals surface area contributed by atoms with E-state index in [9.17, 15) is 0 Å². The first-order chi connectivity index (χ1) is 5.82. The van der Waals surface area contributed by atoms with Crippen LogP contribution in [0.1, 0.15) is 39.0 Å². The van der Waals surface area contributed by atoms with Crippen LogP contribution in [0.2, 0.25) is 0 Å². The molecule has 6 bridgehead atoms. The van der Waals surface area contributed by atoms with E-state index in [0.29, 0.717) is 0 Å². The van der Waals surface area contributed by atoms with Crippen LogP contribution in [-0.4, -0.2) is 0 Å². The summed E-state index contributed by atoms with van der Waals surface area (Å²) in [4.78, 5) is 0. The van der Waals surface area contributed by atoms with Crippen LogP contribution in [0, 0.1) is 35.0 Å². The maximum absolute atomic E-state index is 2.62. The zero-order valence-corrected chi connectivity index (χ0v) is 7.92. The highest BCUT2D eigenvalue weighted by molar-refractivity contribution is 5.25. The minimum absolute atomic E-state index is 0.844. The Morgan fingerprint density at radius 3 is 2.92 bits per heavy atom. The summed E-state index contributed by atoms with van der Waals surface area (Å²) in [6.45, 7) is 2.62. The van der Waals surface area contributed by atoms with Crippen molar-refractivity contribution in [1.82, 2.24) is 0 Å². The molecule has 12 heavy (non-hydrogen) atoms. The molecular formula is C12H18. The molecule has 0 heterocycles. The van der Waals surface area contributed by atoms with Crippen molar-refractivity contribution in [3.63, 3.8) is 0 Å². The predicted molar refractivity (Wildman–Crippen MR) is 48.6 cm³/mol. The fourth-order valence-electron chi connectivity index (χ4n) is 5.59. The van der Waals surface area contributed by atoms with Crippen LogP contribution < -0.4 is 0 Å². The molecule has 5 fully saturated rings. The van der Waals surface area contributed by atoms with Gasteiger partial charge in [0.1, 0.15) is 0 Å². The van der Waals surface area contributed by atoms with E-state index >= 15 is 0 Å². The van der Waals surface area contributed by atoms with Gasteiger partial charge in [-0.15, -0.1) is 0 Å². The second kappa shape index (κ2) is 1.63. The molecule has 0 N–H and O–H groups in total. The molecule has 5 saturated carbocycles. The molecule has 0 aromatic carbocycles. The highest BCUT2D eigenvalue weighted by Crippen LogP contribution is 2.83. The van der Waals surface area contributed by atoms with E-state index in [1.807, 2.05) is 0 Å². The number of hydrogen-bond donors (Lipinski definition) is 0. The minimum atomic E-state index is 0.844. The Hall–Kier alpha value is 0. The molecule has 0 radical (unpaired) electrons. The zero-order valence-electron chi connectivity index (χ0n) is 7.92. The summed E-state index contributed by atoms with van der Waals surface area (Å²) in [5, 5.41) is 0. The molecule has 0 aliphatic heterocycles. The lowest BCUT2D eigenvalue weighted by Crippen LogP contribution is -2.21. The molecule has 0 aromatic heterocycles. The van der Waals surface area contributed by atoms with Gasteiger partial charge in [-0.3, -0.25) is 0 Å². The summed E-state index contributed by atoms with van der Waals surface area (Å²) in [6, 6.07) is 0. The van der Waals surface area contributed by atoms with Gasteiger partial charge in [-0.25, -0.2) is 0 Å². The second-order valence-corrected chi connectivity index (χ2v) is 6.02. The van der Waals surface area contributed by atoms with Gasteiger partial charge in [-0.1, -0.05) is 19.8 Å². The lowest BCUT2D eigenvalue weighted by molar-refractivity contribution is 0.202. The van der Waals surface area contributed by atoms with Gasteiger partial charge in [-0.05, 0) is 54.3 Å². The molecule has 0 unspecified atom stereocenters. The Kier molecular flexibility index (Phi) is 0.875. The topological polar surface area (TPSA) is 0 Å². The highest BCUT2D eigenvalue weighted by atomic mass is 14.8. The van der Waals surface area contributed by atoms with E-state index in [4.69, 9.17) is 0 Å². The van der Waals surface area contributed by atoms with Crippen molar-refractivity contribution < 1.29 is 0 Å². The molecule has 6 atom stereocenters. The third-order valence-electron chi connectivity index (χ3n) is 5.88. The first kappa shape index (κ1) is 6.45. The summed E-state index contributed by atoms with van der Waals surface area (Å²) in [5.74, 6) is 6.06. The molecule has 0 heteroatoms. The van der Waals surface area contributed by atoms with Gasteiger partial charge in [0.2, 0.25) is 0 Å². The van der Waals surface area contributed by atoms with E-state index in [1.54, 1.807) is 32.1 Å². The highest BCUT2D eigenvalue weighted by Gasteiger charge is 2.77. The van der Waals surface area contributed by atoms with Crippen molar-refractivity contribution in [2.45, 2.75) is 39.0 Å². The van der Waals surface area contributed by atoms with Crippen LogP contribution in [0.15, 0.2) is 0 Å². The van der Waals surface area contributed by atoms with Gasteiger partial charge < -0.3 is 0 Å². The van der Waals surface area contributed by atoms with Crippen LogP contribution in [0.3, 0.4) is 0 Å². The van der Waals surface area contributed by atoms with E-state index < -0.39 is 0 Å². The zero-order chi connectivity index (χ0) is 7.92. The summed E-state index contributed by atoms with van der Waals surface area (Å²) >= 11 is 0. The molecule has 0 nitrogen and oxygen atoms in total. The van der Waals surface area contributed by atoms with Crippen molar-refractivity contribution in [3.05, 3.63) is 0 Å². The van der Waals surface area contributed by atoms with E-state index in [0.717, 1.165) is 5.41 Å². The van der Waals surface area contributed by atoms with Crippen molar-refractivity contribution in [2.75, 3.05) is 0 Å². The van der Waals surface area contributed by atoms with E-state index in [2.05, 4.69) is 6.92 Å². The molecular weight excluding hydrogens is 144 g/mol. The standard InChI is InChI=1S/C12H18/c1-12-5-3-2-4-7-9(12)6-8-10(7)11(8)12/h7-11H,2-6H2,1H3/t7-,8-,9-,10-,11+,12+/m1/s1. The summed E-state index contributed by atoms with van der Waals surface area (Å²) in [5.41, 5.74) is 0.844. The normalized spacial score (nSPS) is 71.2. The Morgan fingerprint density at radius 1 is 1.17 bits per heavy atom. The average Bonchev–Trinajstić information content (AvgIpc) is 2.50. The fourth-order valence-corrected chi connectivity index (χ4v) is 5.59. The maximum Gasteiger partial charge on any atom is -0.0261 e. The molecule has 0 spiro atoms. The van der Waals surface area contributed by atoms with Crippen LogP contribution in [0.25, 0.3) is 0 Å². The van der Waals surface area contributed by atoms with Gasteiger partial charge >= 0.3 is 0 Å². The van der Waals surface area contributed by atoms with Crippen molar-refractivity contribution in [2.24, 2.45) is 35.0 Å². The smallest absolute Gasteiger partial charge is 0.0261 e. The maximum atomic E-state index is 2.62. The van der Waals surface area contributed by atoms with Gasteiger partial charge in [0.05, 0.1) is 0 Å². The summed E-state index contributed by atoms with van der Waals surface area (Å²) in [7, 11) is 0. The quantitative estimate of drug-likeness (QED) is 0.513. The third-order valence-corrected chi connectivity index (χ3v) is 5.88. The molecule has 5 aliphatic rings. The van der Waals surface area contributed by atoms with Gasteiger partial charge in [0, 0.05) is 0 Å². The van der Waals surface area contributed by atoms with Crippen molar-refractivity contribution in [3.8, 4) is 0 Å². The molecule has 0 aromatic rings. The molecule has 0 amide bonds. The SMILES string of the molecule is C[C@]12CCCC[C@H]3[C@@H]4[C@@H](C[C@H]31)[C@@H]42. The largest absolute Gasteiger partial charge is 0.0591 e. The first-order valence-corrected chi connectivity index (χ1v) is 5.82. The Morgan fingerprint density at radius 2 is 2.08 bits per heavy atom. The number of rotatable bonds is 0. The molecule has 66 valence electrons. The summed E-state index contributed by atoms with van der Waals surface area (Å²) in [6.07, 6.45) is 7.90. The van der Waals surface area contributed by atoms with Crippen LogP contribution in [-0.2, 0) is 0 Å². The molecule has 5 aliphatic carbocycles. The molecule has 0 saturated heterocycles. The second-order valence-electron chi connectivity index (χ2n) is 6.02. The van der Waals surface area contributed by atoms with Gasteiger partial charge in [-0.2, -0.15) is 0 Å². The van der Waals surface area contributed by atoms with Crippen LogP contribution in [0.5, 0.6) is 0 Å². The van der Waals surface area contributed by atoms with Gasteiger partial charge in [0.15, 0.2) is 0 Å². The first-order valence-electron chi connectivity index (χ1n) is 5.82. The summed E-state index contributed by atoms with van der Waals surface area (Å²) < 4.78 is 0.